The first-order valence-corrected chi connectivity index (χ1v) is 10.6. The largest absolute Gasteiger partial charge is 0.465 e. The summed E-state index contributed by atoms with van der Waals surface area (Å²) in [5.41, 5.74) is 1.59. The first-order valence-electron chi connectivity index (χ1n) is 10.6. The Balaban J connectivity index is 1.50. The van der Waals surface area contributed by atoms with E-state index in [1.807, 2.05) is 72.8 Å². The molecule has 0 aliphatic carbocycles. The molecule has 0 unspecified atom stereocenters. The number of rotatable bonds is 8. The van der Waals surface area contributed by atoms with Crippen LogP contribution < -0.4 is 16.0 Å². The highest BCUT2D eigenvalue weighted by molar-refractivity contribution is 6.05. The Kier molecular flexibility index (Phi) is 6.47. The van der Waals surface area contributed by atoms with Crippen LogP contribution in [0.3, 0.4) is 0 Å². The number of anilines is 1. The highest BCUT2D eigenvalue weighted by Crippen LogP contribution is 2.23. The maximum Gasteiger partial charge on any atom is 0.325 e. The molecule has 7 nitrogen and oxygen atoms in total. The van der Waals surface area contributed by atoms with Gasteiger partial charge in [0.1, 0.15) is 18.1 Å². The van der Waals surface area contributed by atoms with Gasteiger partial charge in [0.05, 0.1) is 6.61 Å². The smallest absolute Gasteiger partial charge is 0.325 e. The summed E-state index contributed by atoms with van der Waals surface area (Å²) in [6.45, 7) is 1.96. The minimum absolute atomic E-state index is 0.245. The van der Waals surface area contributed by atoms with E-state index in [1.54, 1.807) is 6.92 Å². The summed E-state index contributed by atoms with van der Waals surface area (Å²) in [5.74, 6) is -1.20. The van der Waals surface area contributed by atoms with Gasteiger partial charge in [-0.05, 0) is 23.9 Å². The third-order valence-corrected chi connectivity index (χ3v) is 5.37. The normalized spacial score (nSPS) is 17.9. The second-order valence-electron chi connectivity index (χ2n) is 7.64. The van der Waals surface area contributed by atoms with Crippen molar-refractivity contribution >= 4 is 34.2 Å². The van der Waals surface area contributed by atoms with Crippen molar-refractivity contribution in [2.24, 2.45) is 0 Å². The average Bonchev–Trinajstić information content (AvgIpc) is 3.61. The summed E-state index contributed by atoms with van der Waals surface area (Å²) in [6, 6.07) is 20.7. The second-order valence-corrected chi connectivity index (χ2v) is 7.64. The zero-order valence-corrected chi connectivity index (χ0v) is 17.7. The molecule has 164 valence electrons. The lowest BCUT2D eigenvalue weighted by Crippen LogP contribution is -2.47. The zero-order chi connectivity index (χ0) is 22.5. The predicted molar refractivity (Wildman–Crippen MR) is 122 cm³/mol. The number of nitrogens with one attached hydrogen (secondary N) is 3. The van der Waals surface area contributed by atoms with E-state index in [4.69, 9.17) is 4.74 Å². The number of esters is 1. The van der Waals surface area contributed by atoms with Crippen molar-refractivity contribution in [3.05, 3.63) is 78.4 Å². The van der Waals surface area contributed by atoms with Crippen LogP contribution in [0.25, 0.3) is 10.8 Å². The van der Waals surface area contributed by atoms with Gasteiger partial charge in [-0.1, -0.05) is 66.7 Å². The van der Waals surface area contributed by atoms with Gasteiger partial charge in [0.2, 0.25) is 11.8 Å². The lowest BCUT2D eigenvalue weighted by molar-refractivity contribution is -0.143. The van der Waals surface area contributed by atoms with Crippen molar-refractivity contribution in [3.8, 4) is 0 Å². The molecule has 1 saturated heterocycles. The van der Waals surface area contributed by atoms with E-state index in [9.17, 15) is 14.4 Å². The number of fused-ring (bicyclic) bond motifs is 1. The fourth-order valence-corrected chi connectivity index (χ4v) is 3.68. The Bertz CT molecular complexity index is 1130. The van der Waals surface area contributed by atoms with Crippen molar-refractivity contribution in [1.82, 2.24) is 10.6 Å². The Labute approximate surface area is 186 Å². The van der Waals surface area contributed by atoms with Gasteiger partial charge < -0.3 is 15.4 Å². The van der Waals surface area contributed by atoms with Crippen molar-refractivity contribution in [1.29, 1.82) is 0 Å². The molecule has 3 atom stereocenters. The lowest BCUT2D eigenvalue weighted by atomic mass is 10.0. The van der Waals surface area contributed by atoms with Gasteiger partial charge in [-0.2, -0.15) is 0 Å². The van der Waals surface area contributed by atoms with Crippen molar-refractivity contribution in [2.45, 2.75) is 31.5 Å². The summed E-state index contributed by atoms with van der Waals surface area (Å²) in [7, 11) is 0. The molecular formula is C25H25N3O4. The number of carbonyl (C=O) groups is 3. The molecule has 3 N–H and O–H groups in total. The minimum Gasteiger partial charge on any atom is -0.465 e. The predicted octanol–water partition coefficient (Wildman–Crippen LogP) is 2.41. The molecule has 3 aromatic rings. The molecule has 32 heavy (non-hydrogen) atoms. The first-order chi connectivity index (χ1) is 15.6. The van der Waals surface area contributed by atoms with Gasteiger partial charge in [-0.25, -0.2) is 0 Å². The van der Waals surface area contributed by atoms with Crippen LogP contribution >= 0.6 is 0 Å². The molecule has 1 fully saturated rings. The van der Waals surface area contributed by atoms with Gasteiger partial charge in [0, 0.05) is 17.5 Å². The van der Waals surface area contributed by atoms with Crippen LogP contribution in [-0.2, 0) is 25.5 Å². The quantitative estimate of drug-likeness (QED) is 0.375. The molecule has 4 rings (SSSR count). The third-order valence-electron chi connectivity index (χ3n) is 5.37. The maximum absolute atomic E-state index is 13.2. The molecule has 0 saturated carbocycles. The van der Waals surface area contributed by atoms with Gasteiger partial charge in [0.25, 0.3) is 0 Å². The summed E-state index contributed by atoms with van der Waals surface area (Å²) >= 11 is 0. The molecular weight excluding hydrogens is 406 g/mol. The molecule has 1 aliphatic rings. The molecule has 0 bridgehead atoms. The van der Waals surface area contributed by atoms with Crippen LogP contribution in [0, 0.1) is 0 Å². The summed E-state index contributed by atoms with van der Waals surface area (Å²) in [5, 5.41) is 10.5. The second kappa shape index (κ2) is 9.62. The monoisotopic (exact) mass is 431 g/mol. The highest BCUT2D eigenvalue weighted by Gasteiger charge is 2.49. The standard InChI is InChI=1S/C25H25N3O4/c1-2-32-25(31)22-21(28-22)24(30)27-20(15-16-9-4-3-5-10-16)23(29)26-19-14-8-12-17-11-6-7-13-18(17)19/h3-14,20-22,28H,2,15H2,1H3,(H,26,29)(H,27,30)/t20-,21-,22-/m0/s1. The van der Waals surface area contributed by atoms with Crippen LogP contribution in [0.5, 0.6) is 0 Å². The van der Waals surface area contributed by atoms with Crippen LogP contribution in [0.4, 0.5) is 5.69 Å². The number of benzene rings is 3. The topological polar surface area (TPSA) is 106 Å². The van der Waals surface area contributed by atoms with E-state index in [1.165, 1.54) is 0 Å². The van der Waals surface area contributed by atoms with E-state index in [0.717, 1.165) is 16.3 Å². The SMILES string of the molecule is CCOC(=O)[C@H]1N[C@@H]1C(=O)N[C@@H](Cc1ccccc1)C(=O)Nc1cccc2ccccc12. The molecule has 0 aromatic heterocycles. The molecule has 7 heteroatoms. The molecule has 0 spiro atoms. The van der Waals surface area contributed by atoms with E-state index in [2.05, 4.69) is 16.0 Å². The summed E-state index contributed by atoms with van der Waals surface area (Å²) in [6.07, 6.45) is 0.319. The lowest BCUT2D eigenvalue weighted by Gasteiger charge is -2.19. The Hall–Kier alpha value is -3.71. The van der Waals surface area contributed by atoms with Crippen LogP contribution in [0.15, 0.2) is 72.8 Å². The van der Waals surface area contributed by atoms with Gasteiger partial charge in [0.15, 0.2) is 0 Å². The fourth-order valence-electron chi connectivity index (χ4n) is 3.68. The number of carbonyl (C=O) groups excluding carboxylic acids is 3. The average molecular weight is 431 g/mol. The molecule has 1 heterocycles. The summed E-state index contributed by atoms with van der Waals surface area (Å²) < 4.78 is 4.95. The van der Waals surface area contributed by atoms with E-state index < -0.39 is 30.0 Å². The number of hydrogen-bond acceptors (Lipinski definition) is 5. The number of amides is 2. The van der Waals surface area contributed by atoms with E-state index in [-0.39, 0.29) is 12.5 Å². The molecule has 3 aromatic carbocycles. The number of ether oxygens (including phenoxy) is 1. The Morgan fingerprint density at radius 2 is 1.66 bits per heavy atom. The third kappa shape index (κ3) is 4.95. The molecule has 0 radical (unpaired) electrons. The van der Waals surface area contributed by atoms with Crippen LogP contribution in [-0.4, -0.2) is 42.5 Å². The van der Waals surface area contributed by atoms with Crippen LogP contribution in [0.2, 0.25) is 0 Å². The summed E-state index contributed by atoms with van der Waals surface area (Å²) in [4.78, 5) is 37.8. The van der Waals surface area contributed by atoms with Crippen molar-refractivity contribution < 1.29 is 19.1 Å². The number of hydrogen-bond donors (Lipinski definition) is 3. The minimum atomic E-state index is -0.811. The van der Waals surface area contributed by atoms with E-state index >= 15 is 0 Å². The van der Waals surface area contributed by atoms with Gasteiger partial charge in [-0.15, -0.1) is 0 Å². The van der Waals surface area contributed by atoms with Crippen LogP contribution in [0.1, 0.15) is 12.5 Å². The van der Waals surface area contributed by atoms with Crippen molar-refractivity contribution in [2.75, 3.05) is 11.9 Å². The zero-order valence-electron chi connectivity index (χ0n) is 17.7. The van der Waals surface area contributed by atoms with Gasteiger partial charge in [-0.3, -0.25) is 19.7 Å². The molecule has 2 amide bonds. The first kappa shape index (κ1) is 21.5. The Morgan fingerprint density at radius 1 is 0.938 bits per heavy atom. The van der Waals surface area contributed by atoms with Crippen molar-refractivity contribution in [3.63, 3.8) is 0 Å². The van der Waals surface area contributed by atoms with E-state index in [0.29, 0.717) is 12.1 Å². The fraction of sp³-hybridized carbons (Fsp3) is 0.240. The highest BCUT2D eigenvalue weighted by atomic mass is 16.5. The maximum atomic E-state index is 13.2. The molecule has 1 aliphatic heterocycles. The Morgan fingerprint density at radius 3 is 2.44 bits per heavy atom. The van der Waals surface area contributed by atoms with Gasteiger partial charge >= 0.3 is 5.97 Å².